The van der Waals surface area contributed by atoms with Crippen LogP contribution in [-0.4, -0.2) is 23.0 Å². The quantitative estimate of drug-likeness (QED) is 0.467. The van der Waals surface area contributed by atoms with E-state index < -0.39 is 5.97 Å². The van der Waals surface area contributed by atoms with Gasteiger partial charge in [-0.2, -0.15) is 0 Å². The van der Waals surface area contributed by atoms with Crippen LogP contribution in [0.4, 0.5) is 5.82 Å². The van der Waals surface area contributed by atoms with E-state index in [0.29, 0.717) is 11.4 Å². The number of nitrogens with zero attached hydrogens (tertiary/aromatic N) is 2. The highest BCUT2D eigenvalue weighted by molar-refractivity contribution is 6.31. The number of carbonyl (C=O) groups excluding carboxylic acids is 1. The van der Waals surface area contributed by atoms with Gasteiger partial charge in [-0.1, -0.05) is 11.6 Å². The van der Waals surface area contributed by atoms with E-state index in [1.807, 2.05) is 0 Å². The van der Waals surface area contributed by atoms with E-state index in [2.05, 4.69) is 14.7 Å². The topological polar surface area (TPSA) is 78.1 Å². The molecule has 0 saturated carbocycles. The van der Waals surface area contributed by atoms with Gasteiger partial charge in [-0.25, -0.2) is 14.8 Å². The Balaban J connectivity index is 3.05. The Kier molecular flexibility index (Phi) is 3.62. The summed E-state index contributed by atoms with van der Waals surface area (Å²) in [7, 11) is 1.28. The Bertz CT molecular complexity index is 395. The van der Waals surface area contributed by atoms with Crippen molar-refractivity contribution in [2.45, 2.75) is 6.92 Å². The van der Waals surface area contributed by atoms with Crippen LogP contribution in [0.15, 0.2) is 6.08 Å². The molecule has 0 aliphatic heterocycles. The second-order valence-electron chi connectivity index (χ2n) is 2.72. The maximum Gasteiger partial charge on any atom is 0.330 e. The standard InChI is InChI=1S/C9H10ClN3O2/c1-5-12-8(10)6(9(11)13-5)3-4-7(14)15-2/h3-4H,1-2H3,(H2,11,12,13)/b4-3+. The molecule has 15 heavy (non-hydrogen) atoms. The Morgan fingerprint density at radius 1 is 1.53 bits per heavy atom. The van der Waals surface area contributed by atoms with E-state index in [1.54, 1.807) is 6.92 Å². The summed E-state index contributed by atoms with van der Waals surface area (Å²) in [6.45, 7) is 1.68. The van der Waals surface area contributed by atoms with E-state index in [9.17, 15) is 4.79 Å². The van der Waals surface area contributed by atoms with Crippen LogP contribution in [0.1, 0.15) is 11.4 Å². The van der Waals surface area contributed by atoms with Crippen molar-refractivity contribution >= 4 is 29.5 Å². The third-order valence-corrected chi connectivity index (χ3v) is 1.92. The minimum atomic E-state index is -0.494. The Morgan fingerprint density at radius 3 is 2.73 bits per heavy atom. The van der Waals surface area contributed by atoms with Gasteiger partial charge in [-0.15, -0.1) is 0 Å². The molecule has 0 aliphatic carbocycles. The van der Waals surface area contributed by atoms with E-state index in [0.717, 1.165) is 0 Å². The van der Waals surface area contributed by atoms with Crippen molar-refractivity contribution in [2.24, 2.45) is 0 Å². The molecule has 0 atom stereocenters. The SMILES string of the molecule is COC(=O)/C=C/c1c(N)nc(C)nc1Cl. The Hall–Kier alpha value is -1.62. The predicted molar refractivity (Wildman–Crippen MR) is 57.2 cm³/mol. The molecule has 2 N–H and O–H groups in total. The van der Waals surface area contributed by atoms with Crippen molar-refractivity contribution in [1.29, 1.82) is 0 Å². The number of anilines is 1. The molecule has 80 valence electrons. The third kappa shape index (κ3) is 2.92. The molecule has 0 saturated heterocycles. The highest BCUT2D eigenvalue weighted by Crippen LogP contribution is 2.19. The fraction of sp³-hybridized carbons (Fsp3) is 0.222. The monoisotopic (exact) mass is 227 g/mol. The summed E-state index contributed by atoms with van der Waals surface area (Å²) in [5.74, 6) is 0.214. The minimum absolute atomic E-state index is 0.208. The van der Waals surface area contributed by atoms with Gasteiger partial charge < -0.3 is 10.5 Å². The number of ether oxygens (including phenoxy) is 1. The van der Waals surface area contributed by atoms with Crippen molar-refractivity contribution in [1.82, 2.24) is 9.97 Å². The van der Waals surface area contributed by atoms with Gasteiger partial charge in [0.05, 0.1) is 12.7 Å². The molecule has 0 aliphatic rings. The first-order chi connectivity index (χ1) is 7.04. The van der Waals surface area contributed by atoms with Gasteiger partial charge in [0, 0.05) is 6.08 Å². The average Bonchev–Trinajstić information content (AvgIpc) is 2.15. The lowest BCUT2D eigenvalue weighted by atomic mass is 10.3. The van der Waals surface area contributed by atoms with Gasteiger partial charge in [-0.05, 0) is 13.0 Å². The molecule has 6 heteroatoms. The molecular formula is C9H10ClN3O2. The minimum Gasteiger partial charge on any atom is -0.466 e. The van der Waals surface area contributed by atoms with E-state index >= 15 is 0 Å². The molecule has 1 heterocycles. The Morgan fingerprint density at radius 2 is 2.20 bits per heavy atom. The summed E-state index contributed by atoms with van der Waals surface area (Å²) in [4.78, 5) is 18.7. The van der Waals surface area contributed by atoms with Crippen molar-refractivity contribution in [2.75, 3.05) is 12.8 Å². The van der Waals surface area contributed by atoms with Crippen LogP contribution in [0.5, 0.6) is 0 Å². The molecule has 0 amide bonds. The largest absolute Gasteiger partial charge is 0.466 e. The number of methoxy groups -OCH3 is 1. The molecule has 0 bridgehead atoms. The smallest absolute Gasteiger partial charge is 0.330 e. The Labute approximate surface area is 91.9 Å². The highest BCUT2D eigenvalue weighted by Gasteiger charge is 2.06. The lowest BCUT2D eigenvalue weighted by Crippen LogP contribution is -2.00. The second-order valence-corrected chi connectivity index (χ2v) is 3.08. The maximum atomic E-state index is 10.8. The van der Waals surface area contributed by atoms with Crippen LogP contribution >= 0.6 is 11.6 Å². The number of aromatic nitrogens is 2. The van der Waals surface area contributed by atoms with Crippen molar-refractivity contribution in [3.63, 3.8) is 0 Å². The summed E-state index contributed by atoms with van der Waals surface area (Å²) in [6, 6.07) is 0. The van der Waals surface area contributed by atoms with Crippen LogP contribution < -0.4 is 5.73 Å². The summed E-state index contributed by atoms with van der Waals surface area (Å²) >= 11 is 5.83. The number of halogens is 1. The summed E-state index contributed by atoms with van der Waals surface area (Å²) in [5, 5.41) is 0.208. The van der Waals surface area contributed by atoms with E-state index in [4.69, 9.17) is 17.3 Å². The lowest BCUT2D eigenvalue weighted by molar-refractivity contribution is -0.134. The first kappa shape index (κ1) is 11.5. The molecule has 1 rings (SSSR count). The normalized spacial score (nSPS) is 10.6. The highest BCUT2D eigenvalue weighted by atomic mass is 35.5. The summed E-state index contributed by atoms with van der Waals surface area (Å²) in [6.07, 6.45) is 2.62. The molecule has 0 unspecified atom stereocenters. The molecule has 0 aromatic carbocycles. The van der Waals surface area contributed by atoms with Crippen LogP contribution in [-0.2, 0) is 9.53 Å². The van der Waals surface area contributed by atoms with E-state index in [-0.39, 0.29) is 11.0 Å². The zero-order valence-corrected chi connectivity index (χ0v) is 9.08. The summed E-state index contributed by atoms with van der Waals surface area (Å²) in [5.41, 5.74) is 6.02. The van der Waals surface area contributed by atoms with Crippen LogP contribution in [0.3, 0.4) is 0 Å². The van der Waals surface area contributed by atoms with Crippen molar-refractivity contribution in [3.8, 4) is 0 Å². The second kappa shape index (κ2) is 4.75. The van der Waals surface area contributed by atoms with Crippen molar-refractivity contribution < 1.29 is 9.53 Å². The first-order valence-electron chi connectivity index (χ1n) is 4.10. The van der Waals surface area contributed by atoms with Gasteiger partial charge >= 0.3 is 5.97 Å². The van der Waals surface area contributed by atoms with E-state index in [1.165, 1.54) is 19.3 Å². The fourth-order valence-corrected chi connectivity index (χ4v) is 1.22. The van der Waals surface area contributed by atoms with Gasteiger partial charge in [0.25, 0.3) is 0 Å². The number of esters is 1. The average molecular weight is 228 g/mol. The number of hydrogen-bond donors (Lipinski definition) is 1. The lowest BCUT2D eigenvalue weighted by Gasteiger charge is -2.02. The number of nitrogens with two attached hydrogens (primary N) is 1. The van der Waals surface area contributed by atoms with Crippen LogP contribution in [0.25, 0.3) is 6.08 Å². The molecule has 1 aromatic heterocycles. The zero-order valence-electron chi connectivity index (χ0n) is 8.32. The fourth-order valence-electron chi connectivity index (χ4n) is 0.941. The van der Waals surface area contributed by atoms with Gasteiger partial charge in [0.15, 0.2) is 0 Å². The molecule has 0 spiro atoms. The number of carbonyl (C=O) groups is 1. The van der Waals surface area contributed by atoms with Gasteiger partial charge in [0.2, 0.25) is 0 Å². The zero-order chi connectivity index (χ0) is 11.4. The first-order valence-corrected chi connectivity index (χ1v) is 4.48. The van der Waals surface area contributed by atoms with Crippen molar-refractivity contribution in [3.05, 3.63) is 22.6 Å². The summed E-state index contributed by atoms with van der Waals surface area (Å²) < 4.78 is 4.42. The maximum absolute atomic E-state index is 10.8. The molecule has 0 radical (unpaired) electrons. The number of nitrogen functional groups attached to an aromatic ring is 1. The number of rotatable bonds is 2. The number of aryl methyl sites for hydroxylation is 1. The predicted octanol–water partition coefficient (Wildman–Crippen LogP) is 1.21. The van der Waals surface area contributed by atoms with Gasteiger partial charge in [0.1, 0.15) is 16.8 Å². The van der Waals surface area contributed by atoms with Gasteiger partial charge in [-0.3, -0.25) is 0 Å². The number of hydrogen-bond acceptors (Lipinski definition) is 5. The van der Waals surface area contributed by atoms with Crippen LogP contribution in [0.2, 0.25) is 5.15 Å². The van der Waals surface area contributed by atoms with Crippen LogP contribution in [0, 0.1) is 6.92 Å². The molecular weight excluding hydrogens is 218 g/mol. The molecule has 5 nitrogen and oxygen atoms in total. The third-order valence-electron chi connectivity index (χ3n) is 1.63. The molecule has 0 fully saturated rings. The molecule has 1 aromatic rings.